The number of rotatable bonds is 0. The Kier molecular flexibility index (Phi) is 2.13. The summed E-state index contributed by atoms with van der Waals surface area (Å²) in [6, 6.07) is 10.5. The predicted octanol–water partition coefficient (Wildman–Crippen LogP) is 2.26. The van der Waals surface area contributed by atoms with E-state index in [4.69, 9.17) is 0 Å². The first-order valence-electron chi connectivity index (χ1n) is 6.56. The molecule has 1 aliphatic carbocycles. The Hall–Kier alpha value is -1.58. The number of aromatic hydroxyl groups is 1. The van der Waals surface area contributed by atoms with E-state index in [1.54, 1.807) is 6.07 Å². The molecule has 2 aliphatic rings. The molecule has 2 unspecified atom stereocenters. The maximum absolute atomic E-state index is 9.56. The van der Waals surface area contributed by atoms with Crippen LogP contribution < -0.4 is 10.9 Å². The molecule has 0 amide bonds. The van der Waals surface area contributed by atoms with Crippen LogP contribution in [-0.2, 0) is 6.42 Å². The van der Waals surface area contributed by atoms with Gasteiger partial charge in [-0.2, -0.15) is 0 Å². The van der Waals surface area contributed by atoms with Crippen LogP contribution in [0.3, 0.4) is 0 Å². The Bertz CT molecular complexity index is 623. The summed E-state index contributed by atoms with van der Waals surface area (Å²) in [6.45, 7) is 1.07. The summed E-state index contributed by atoms with van der Waals surface area (Å²) in [5, 5.41) is 12.0. The fourth-order valence-corrected chi connectivity index (χ4v) is 3.43. The average molecular weight is 240 g/mol. The number of benzene rings is 2. The lowest BCUT2D eigenvalue weighted by atomic mass is 9.79. The molecule has 0 spiro atoms. The van der Waals surface area contributed by atoms with Gasteiger partial charge in [-0.3, -0.25) is 5.43 Å². The molecule has 2 atom stereocenters. The molecule has 0 saturated carbocycles. The van der Waals surface area contributed by atoms with Gasteiger partial charge in [-0.15, -0.1) is 0 Å². The van der Waals surface area contributed by atoms with E-state index in [0.29, 0.717) is 17.7 Å². The highest BCUT2D eigenvalue weighted by molar-refractivity contribution is 5.88. The van der Waals surface area contributed by atoms with E-state index >= 15 is 0 Å². The summed E-state index contributed by atoms with van der Waals surface area (Å²) >= 11 is 0. The third kappa shape index (κ3) is 1.38. The Morgan fingerprint density at radius 3 is 3.06 bits per heavy atom. The van der Waals surface area contributed by atoms with Crippen LogP contribution in [0.15, 0.2) is 30.3 Å². The number of hydrogen-bond donors (Lipinski definition) is 3. The molecule has 0 aromatic heterocycles. The molecule has 3 N–H and O–H groups in total. The second-order valence-electron chi connectivity index (χ2n) is 5.34. The van der Waals surface area contributed by atoms with E-state index in [9.17, 15) is 5.11 Å². The van der Waals surface area contributed by atoms with E-state index in [1.165, 1.54) is 22.9 Å². The van der Waals surface area contributed by atoms with Crippen LogP contribution in [0, 0.1) is 5.92 Å². The summed E-state index contributed by atoms with van der Waals surface area (Å²) < 4.78 is 0. The van der Waals surface area contributed by atoms with Gasteiger partial charge < -0.3 is 5.11 Å². The third-order valence-electron chi connectivity index (χ3n) is 4.34. The average Bonchev–Trinajstić information content (AvgIpc) is 2.86. The van der Waals surface area contributed by atoms with Gasteiger partial charge in [0.05, 0.1) is 6.04 Å². The van der Waals surface area contributed by atoms with Gasteiger partial charge in [0.2, 0.25) is 0 Å². The SMILES string of the molecule is Oc1ccc2c3c(ccc2c1)C1NNCC1CC3. The van der Waals surface area contributed by atoms with Crippen molar-refractivity contribution in [2.24, 2.45) is 5.92 Å². The van der Waals surface area contributed by atoms with Crippen molar-refractivity contribution >= 4 is 10.8 Å². The quantitative estimate of drug-likeness (QED) is 0.662. The van der Waals surface area contributed by atoms with Crippen molar-refractivity contribution < 1.29 is 5.11 Å². The predicted molar refractivity (Wildman–Crippen MR) is 71.3 cm³/mol. The highest BCUT2D eigenvalue weighted by atomic mass is 16.3. The topological polar surface area (TPSA) is 44.3 Å². The standard InChI is InChI=1S/C15H16N2O/c18-11-3-6-12-9(7-11)1-5-14-13(12)4-2-10-8-16-17-15(10)14/h1,3,5-7,10,15-18H,2,4,8H2. The van der Waals surface area contributed by atoms with Crippen LogP contribution in [0.2, 0.25) is 0 Å². The normalized spacial score (nSPS) is 26.0. The van der Waals surface area contributed by atoms with E-state index < -0.39 is 0 Å². The molecule has 4 rings (SSSR count). The van der Waals surface area contributed by atoms with E-state index in [1.807, 2.05) is 12.1 Å². The summed E-state index contributed by atoms with van der Waals surface area (Å²) in [7, 11) is 0. The molecule has 3 heteroatoms. The Morgan fingerprint density at radius 2 is 2.11 bits per heavy atom. The van der Waals surface area contributed by atoms with Crippen molar-refractivity contribution in [1.82, 2.24) is 10.9 Å². The second kappa shape index (κ2) is 3.70. The number of phenolic OH excluding ortho intramolecular Hbond substituents is 1. The third-order valence-corrected chi connectivity index (χ3v) is 4.34. The van der Waals surface area contributed by atoms with Crippen LogP contribution in [0.4, 0.5) is 0 Å². The molecule has 0 bridgehead atoms. The first-order chi connectivity index (χ1) is 8.83. The molecule has 1 aliphatic heterocycles. The van der Waals surface area contributed by atoms with Gasteiger partial charge in [0.15, 0.2) is 0 Å². The van der Waals surface area contributed by atoms with Gasteiger partial charge >= 0.3 is 0 Å². The Labute approximate surface area is 106 Å². The van der Waals surface area contributed by atoms with Crippen molar-refractivity contribution in [3.05, 3.63) is 41.5 Å². The zero-order valence-electron chi connectivity index (χ0n) is 10.1. The molecule has 0 radical (unpaired) electrons. The summed E-state index contributed by atoms with van der Waals surface area (Å²) in [4.78, 5) is 0. The highest BCUT2D eigenvalue weighted by Crippen LogP contribution is 2.39. The van der Waals surface area contributed by atoms with Crippen molar-refractivity contribution in [2.75, 3.05) is 6.54 Å². The van der Waals surface area contributed by atoms with Crippen LogP contribution >= 0.6 is 0 Å². The molecule has 18 heavy (non-hydrogen) atoms. The van der Waals surface area contributed by atoms with Gasteiger partial charge in [0.1, 0.15) is 5.75 Å². The number of nitrogens with one attached hydrogen (secondary N) is 2. The molecular formula is C15H16N2O. The Morgan fingerprint density at radius 1 is 1.17 bits per heavy atom. The van der Waals surface area contributed by atoms with Crippen LogP contribution in [0.25, 0.3) is 10.8 Å². The fraction of sp³-hybridized carbons (Fsp3) is 0.333. The van der Waals surface area contributed by atoms with Crippen LogP contribution in [-0.4, -0.2) is 11.7 Å². The highest BCUT2D eigenvalue weighted by Gasteiger charge is 2.33. The van der Waals surface area contributed by atoms with Crippen LogP contribution in [0.1, 0.15) is 23.6 Å². The molecule has 2 aromatic rings. The Balaban J connectivity index is 1.95. The van der Waals surface area contributed by atoms with Gasteiger partial charge in [-0.05, 0) is 52.8 Å². The maximum Gasteiger partial charge on any atom is 0.116 e. The minimum atomic E-state index is 0.344. The minimum Gasteiger partial charge on any atom is -0.508 e. The van der Waals surface area contributed by atoms with E-state index in [2.05, 4.69) is 23.0 Å². The van der Waals surface area contributed by atoms with Gasteiger partial charge in [0, 0.05) is 6.54 Å². The van der Waals surface area contributed by atoms with Crippen molar-refractivity contribution in [3.63, 3.8) is 0 Å². The number of hydrazine groups is 1. The number of hydrogen-bond acceptors (Lipinski definition) is 3. The van der Waals surface area contributed by atoms with Crippen molar-refractivity contribution in [3.8, 4) is 5.75 Å². The van der Waals surface area contributed by atoms with Crippen molar-refractivity contribution in [1.29, 1.82) is 0 Å². The maximum atomic E-state index is 9.56. The van der Waals surface area contributed by atoms with Gasteiger partial charge in [-0.25, -0.2) is 5.43 Å². The summed E-state index contributed by atoms with van der Waals surface area (Å²) in [6.07, 6.45) is 2.37. The number of aryl methyl sites for hydroxylation is 1. The molecular weight excluding hydrogens is 224 g/mol. The lowest BCUT2D eigenvalue weighted by Crippen LogP contribution is -2.27. The number of phenols is 1. The smallest absolute Gasteiger partial charge is 0.116 e. The molecule has 1 fully saturated rings. The number of fused-ring (bicyclic) bond motifs is 5. The molecule has 1 heterocycles. The first-order valence-corrected chi connectivity index (χ1v) is 6.56. The van der Waals surface area contributed by atoms with E-state index in [-0.39, 0.29) is 0 Å². The molecule has 92 valence electrons. The minimum absolute atomic E-state index is 0.344. The molecule has 3 nitrogen and oxygen atoms in total. The van der Waals surface area contributed by atoms with Gasteiger partial charge in [0.25, 0.3) is 0 Å². The summed E-state index contributed by atoms with van der Waals surface area (Å²) in [5.74, 6) is 1.06. The first kappa shape index (κ1) is 10.4. The lowest BCUT2D eigenvalue weighted by molar-refractivity contribution is 0.420. The lowest BCUT2D eigenvalue weighted by Gasteiger charge is -2.28. The van der Waals surface area contributed by atoms with Crippen LogP contribution in [0.5, 0.6) is 5.75 Å². The molecule has 2 aromatic carbocycles. The fourth-order valence-electron chi connectivity index (χ4n) is 3.43. The second-order valence-corrected chi connectivity index (χ2v) is 5.34. The van der Waals surface area contributed by atoms with Gasteiger partial charge in [-0.1, -0.05) is 18.2 Å². The molecule has 1 saturated heterocycles. The summed E-state index contributed by atoms with van der Waals surface area (Å²) in [5.41, 5.74) is 9.54. The zero-order valence-corrected chi connectivity index (χ0v) is 10.1. The van der Waals surface area contributed by atoms with Crippen molar-refractivity contribution in [2.45, 2.75) is 18.9 Å². The van der Waals surface area contributed by atoms with E-state index in [0.717, 1.165) is 18.4 Å². The monoisotopic (exact) mass is 240 g/mol. The largest absolute Gasteiger partial charge is 0.508 e. The zero-order chi connectivity index (χ0) is 12.1.